The van der Waals surface area contributed by atoms with Gasteiger partial charge in [-0.05, 0) is 25.7 Å². The SMILES string of the molecule is COC(c1noc([C@H](C)O)n1)C1CCCCC1. The Labute approximate surface area is 101 Å². The Hall–Kier alpha value is -0.940. The molecule has 2 atom stereocenters. The van der Waals surface area contributed by atoms with Crippen LogP contribution in [0.3, 0.4) is 0 Å². The standard InChI is InChI=1S/C12H20N2O3/c1-8(15)12-13-11(14-17-12)10(16-2)9-6-4-3-5-7-9/h8-10,15H,3-7H2,1-2H3/t8-,10?/m0/s1. The van der Waals surface area contributed by atoms with Gasteiger partial charge in [-0.1, -0.05) is 24.4 Å². The molecule has 1 aromatic heterocycles. The molecule has 1 unspecified atom stereocenters. The molecule has 0 radical (unpaired) electrons. The number of aliphatic hydroxyl groups excluding tert-OH is 1. The van der Waals surface area contributed by atoms with E-state index in [4.69, 9.17) is 9.26 Å². The highest BCUT2D eigenvalue weighted by Gasteiger charge is 2.29. The molecular weight excluding hydrogens is 220 g/mol. The number of ether oxygens (including phenoxy) is 1. The minimum atomic E-state index is -0.722. The van der Waals surface area contributed by atoms with E-state index >= 15 is 0 Å². The van der Waals surface area contributed by atoms with E-state index in [1.54, 1.807) is 14.0 Å². The summed E-state index contributed by atoms with van der Waals surface area (Å²) in [6, 6.07) is 0. The highest BCUT2D eigenvalue weighted by atomic mass is 16.5. The van der Waals surface area contributed by atoms with Gasteiger partial charge in [0.25, 0.3) is 5.89 Å². The van der Waals surface area contributed by atoms with Crippen LogP contribution in [0.1, 0.15) is 63.0 Å². The average Bonchev–Trinajstić information content (AvgIpc) is 2.81. The number of aromatic nitrogens is 2. The molecule has 0 saturated heterocycles. The van der Waals surface area contributed by atoms with Gasteiger partial charge in [0.05, 0.1) is 0 Å². The molecule has 1 heterocycles. The lowest BCUT2D eigenvalue weighted by atomic mass is 9.85. The first kappa shape index (κ1) is 12.5. The van der Waals surface area contributed by atoms with Crippen molar-refractivity contribution >= 4 is 0 Å². The first-order valence-corrected chi connectivity index (χ1v) is 6.26. The summed E-state index contributed by atoms with van der Waals surface area (Å²) in [7, 11) is 1.68. The zero-order valence-electron chi connectivity index (χ0n) is 10.4. The van der Waals surface area contributed by atoms with Crippen molar-refractivity contribution in [2.75, 3.05) is 7.11 Å². The molecule has 1 aliphatic carbocycles. The number of aliphatic hydroxyl groups is 1. The predicted octanol–water partition coefficient (Wildman–Crippen LogP) is 2.39. The molecule has 1 saturated carbocycles. The van der Waals surface area contributed by atoms with Crippen LogP contribution in [-0.2, 0) is 4.74 Å². The predicted molar refractivity (Wildman–Crippen MR) is 61.3 cm³/mol. The van der Waals surface area contributed by atoms with Gasteiger partial charge in [0.1, 0.15) is 12.2 Å². The Morgan fingerprint density at radius 2 is 2.06 bits per heavy atom. The van der Waals surface area contributed by atoms with Gasteiger partial charge in [0.2, 0.25) is 5.82 Å². The van der Waals surface area contributed by atoms with E-state index in [1.807, 2.05) is 0 Å². The summed E-state index contributed by atoms with van der Waals surface area (Å²) in [5.74, 6) is 1.29. The van der Waals surface area contributed by atoms with Crippen LogP contribution >= 0.6 is 0 Å². The molecule has 1 aliphatic rings. The van der Waals surface area contributed by atoms with Crippen molar-refractivity contribution < 1.29 is 14.4 Å². The van der Waals surface area contributed by atoms with Crippen LogP contribution in [0.4, 0.5) is 0 Å². The molecule has 0 bridgehead atoms. The fourth-order valence-electron chi connectivity index (χ4n) is 2.48. The van der Waals surface area contributed by atoms with Crippen molar-refractivity contribution in [1.82, 2.24) is 10.1 Å². The summed E-state index contributed by atoms with van der Waals surface area (Å²) < 4.78 is 10.5. The van der Waals surface area contributed by atoms with Crippen molar-refractivity contribution in [3.05, 3.63) is 11.7 Å². The van der Waals surface area contributed by atoms with Gasteiger partial charge >= 0.3 is 0 Å². The maximum absolute atomic E-state index is 9.36. The molecule has 1 N–H and O–H groups in total. The largest absolute Gasteiger partial charge is 0.384 e. The van der Waals surface area contributed by atoms with Gasteiger partial charge in [-0.3, -0.25) is 0 Å². The van der Waals surface area contributed by atoms with Gasteiger partial charge in [-0.25, -0.2) is 0 Å². The molecule has 5 heteroatoms. The Kier molecular flexibility index (Phi) is 4.12. The molecule has 17 heavy (non-hydrogen) atoms. The third-order valence-electron chi connectivity index (χ3n) is 3.40. The summed E-state index contributed by atoms with van der Waals surface area (Å²) in [4.78, 5) is 4.20. The minimum Gasteiger partial charge on any atom is -0.384 e. The zero-order chi connectivity index (χ0) is 12.3. The van der Waals surface area contributed by atoms with Crippen LogP contribution in [-0.4, -0.2) is 22.4 Å². The summed E-state index contributed by atoms with van der Waals surface area (Å²) >= 11 is 0. The molecule has 2 rings (SSSR count). The van der Waals surface area contributed by atoms with Crippen molar-refractivity contribution in [3.63, 3.8) is 0 Å². The molecule has 5 nitrogen and oxygen atoms in total. The number of nitrogens with zero attached hydrogens (tertiary/aromatic N) is 2. The van der Waals surface area contributed by atoms with Crippen molar-refractivity contribution in [1.29, 1.82) is 0 Å². The van der Waals surface area contributed by atoms with Gasteiger partial charge in [0.15, 0.2) is 0 Å². The molecule has 0 spiro atoms. The Morgan fingerprint density at radius 3 is 2.59 bits per heavy atom. The smallest absolute Gasteiger partial charge is 0.255 e. The lowest BCUT2D eigenvalue weighted by Crippen LogP contribution is -2.19. The topological polar surface area (TPSA) is 68.4 Å². The van der Waals surface area contributed by atoms with Crippen molar-refractivity contribution in [2.45, 2.75) is 51.2 Å². The second-order valence-corrected chi connectivity index (χ2v) is 4.72. The van der Waals surface area contributed by atoms with E-state index in [2.05, 4.69) is 10.1 Å². The average molecular weight is 240 g/mol. The number of hydrogen-bond acceptors (Lipinski definition) is 5. The van der Waals surface area contributed by atoms with Crippen molar-refractivity contribution in [2.24, 2.45) is 5.92 Å². The van der Waals surface area contributed by atoms with E-state index < -0.39 is 6.10 Å². The van der Waals surface area contributed by atoms with Crippen molar-refractivity contribution in [3.8, 4) is 0 Å². The van der Waals surface area contributed by atoms with E-state index in [-0.39, 0.29) is 12.0 Å². The highest BCUT2D eigenvalue weighted by molar-refractivity contribution is 4.96. The van der Waals surface area contributed by atoms with E-state index in [0.29, 0.717) is 11.7 Å². The zero-order valence-corrected chi connectivity index (χ0v) is 10.4. The summed E-state index contributed by atoms with van der Waals surface area (Å²) in [5, 5.41) is 13.3. The molecule has 96 valence electrons. The van der Waals surface area contributed by atoms with Crippen LogP contribution in [0.25, 0.3) is 0 Å². The summed E-state index contributed by atoms with van der Waals surface area (Å²) in [5.41, 5.74) is 0. The molecular formula is C12H20N2O3. The maximum Gasteiger partial charge on any atom is 0.255 e. The maximum atomic E-state index is 9.36. The number of methoxy groups -OCH3 is 1. The van der Waals surface area contributed by atoms with Gasteiger partial charge in [-0.2, -0.15) is 4.98 Å². The Morgan fingerprint density at radius 1 is 1.35 bits per heavy atom. The van der Waals surface area contributed by atoms with Crippen LogP contribution < -0.4 is 0 Å². The lowest BCUT2D eigenvalue weighted by molar-refractivity contribution is 0.0273. The lowest BCUT2D eigenvalue weighted by Gasteiger charge is -2.26. The normalized spacial score (nSPS) is 21.4. The van der Waals surface area contributed by atoms with Gasteiger partial charge in [0, 0.05) is 7.11 Å². The number of hydrogen-bond donors (Lipinski definition) is 1. The second kappa shape index (κ2) is 5.60. The quantitative estimate of drug-likeness (QED) is 0.875. The molecule has 0 aromatic carbocycles. The monoisotopic (exact) mass is 240 g/mol. The fourth-order valence-corrected chi connectivity index (χ4v) is 2.48. The highest BCUT2D eigenvalue weighted by Crippen LogP contribution is 2.35. The fraction of sp³-hybridized carbons (Fsp3) is 0.833. The van der Waals surface area contributed by atoms with Crippen LogP contribution in [0, 0.1) is 5.92 Å². The van der Waals surface area contributed by atoms with Gasteiger partial charge < -0.3 is 14.4 Å². The van der Waals surface area contributed by atoms with Crippen LogP contribution in [0.15, 0.2) is 4.52 Å². The molecule has 0 amide bonds. The molecule has 1 fully saturated rings. The minimum absolute atomic E-state index is 0.105. The number of rotatable bonds is 4. The molecule has 0 aliphatic heterocycles. The Bertz CT molecular complexity index is 345. The van der Waals surface area contributed by atoms with E-state index in [1.165, 1.54) is 19.3 Å². The summed E-state index contributed by atoms with van der Waals surface area (Å²) in [6.07, 6.45) is 5.26. The van der Waals surface area contributed by atoms with Gasteiger partial charge in [-0.15, -0.1) is 0 Å². The Balaban J connectivity index is 2.10. The third kappa shape index (κ3) is 2.84. The van der Waals surface area contributed by atoms with E-state index in [9.17, 15) is 5.11 Å². The first-order valence-electron chi connectivity index (χ1n) is 6.26. The first-order chi connectivity index (χ1) is 8.22. The second-order valence-electron chi connectivity index (χ2n) is 4.72. The molecule has 1 aromatic rings. The summed E-state index contributed by atoms with van der Waals surface area (Å²) in [6.45, 7) is 1.61. The third-order valence-corrected chi connectivity index (χ3v) is 3.40. The van der Waals surface area contributed by atoms with Crippen LogP contribution in [0.2, 0.25) is 0 Å². The van der Waals surface area contributed by atoms with Crippen LogP contribution in [0.5, 0.6) is 0 Å². The van der Waals surface area contributed by atoms with E-state index in [0.717, 1.165) is 12.8 Å².